The first-order chi connectivity index (χ1) is 10.1. The number of tetrazole rings is 1. The van der Waals surface area contributed by atoms with Crippen molar-refractivity contribution in [3.63, 3.8) is 0 Å². The lowest BCUT2D eigenvalue weighted by molar-refractivity contribution is 0.632. The van der Waals surface area contributed by atoms with Gasteiger partial charge in [0.25, 0.3) is 0 Å². The van der Waals surface area contributed by atoms with Crippen LogP contribution in [0.3, 0.4) is 0 Å². The average molecular weight is 283 g/mol. The highest BCUT2D eigenvalue weighted by molar-refractivity contribution is 5.64. The Morgan fingerprint density at radius 3 is 2.48 bits per heavy atom. The van der Waals surface area contributed by atoms with Gasteiger partial charge in [-0.2, -0.15) is 4.68 Å². The second kappa shape index (κ2) is 4.97. The fourth-order valence-electron chi connectivity index (χ4n) is 2.34. The molecule has 3 rings (SSSR count). The number of aryl methyl sites for hydroxylation is 2. The molecule has 0 aliphatic heterocycles. The van der Waals surface area contributed by atoms with Crippen LogP contribution in [-0.4, -0.2) is 20.2 Å². The summed E-state index contributed by atoms with van der Waals surface area (Å²) in [5, 5.41) is 11.8. The molecule has 21 heavy (non-hydrogen) atoms. The van der Waals surface area contributed by atoms with Gasteiger partial charge in [0.05, 0.1) is 11.4 Å². The molecule has 1 heterocycles. The number of nitrogens with zero attached hydrogens (tertiary/aromatic N) is 4. The lowest BCUT2D eigenvalue weighted by Crippen LogP contribution is -2.04. The number of anilines is 1. The number of rotatable bonds is 2. The quantitative estimate of drug-likeness (QED) is 0.734. The zero-order valence-corrected chi connectivity index (χ0v) is 11.7. The molecule has 0 bridgehead atoms. The van der Waals surface area contributed by atoms with Crippen molar-refractivity contribution in [2.24, 2.45) is 0 Å². The minimum Gasteiger partial charge on any atom is -0.396 e. The van der Waals surface area contributed by atoms with Gasteiger partial charge < -0.3 is 5.73 Å². The third kappa shape index (κ3) is 2.24. The molecule has 0 fully saturated rings. The standard InChI is InChI=1S/C15H14FN5/c1-9-4-3-5-10(2)14(9)21-15(18-19-20-21)11-6-7-12(16)13(17)8-11/h3-8H,17H2,1-2H3. The topological polar surface area (TPSA) is 69.6 Å². The first-order valence-corrected chi connectivity index (χ1v) is 6.48. The van der Waals surface area contributed by atoms with E-state index in [1.807, 2.05) is 32.0 Å². The molecule has 2 N–H and O–H groups in total. The zero-order chi connectivity index (χ0) is 15.0. The maximum absolute atomic E-state index is 13.3. The van der Waals surface area contributed by atoms with Gasteiger partial charge in [0, 0.05) is 5.56 Å². The average Bonchev–Trinajstić information content (AvgIpc) is 2.91. The molecule has 0 amide bonds. The number of aromatic nitrogens is 4. The fourth-order valence-corrected chi connectivity index (χ4v) is 2.34. The van der Waals surface area contributed by atoms with E-state index in [1.54, 1.807) is 10.7 Å². The van der Waals surface area contributed by atoms with E-state index in [-0.39, 0.29) is 5.69 Å². The second-order valence-corrected chi connectivity index (χ2v) is 4.89. The van der Waals surface area contributed by atoms with Crippen LogP contribution in [0.5, 0.6) is 0 Å². The van der Waals surface area contributed by atoms with Crippen LogP contribution in [0.1, 0.15) is 11.1 Å². The largest absolute Gasteiger partial charge is 0.396 e. The van der Waals surface area contributed by atoms with Crippen molar-refractivity contribution in [3.05, 3.63) is 53.3 Å². The summed E-state index contributed by atoms with van der Waals surface area (Å²) in [5.41, 5.74) is 9.39. The van der Waals surface area contributed by atoms with Gasteiger partial charge >= 0.3 is 0 Å². The van der Waals surface area contributed by atoms with E-state index in [0.29, 0.717) is 11.4 Å². The van der Waals surface area contributed by atoms with Crippen LogP contribution in [0, 0.1) is 19.7 Å². The molecule has 0 spiro atoms. The lowest BCUT2D eigenvalue weighted by Gasteiger charge is -2.11. The highest BCUT2D eigenvalue weighted by Crippen LogP contribution is 2.25. The van der Waals surface area contributed by atoms with Crippen LogP contribution in [-0.2, 0) is 0 Å². The molecule has 0 saturated heterocycles. The van der Waals surface area contributed by atoms with E-state index in [0.717, 1.165) is 16.8 Å². The molecule has 0 aliphatic carbocycles. The number of benzene rings is 2. The molecule has 6 heteroatoms. The highest BCUT2D eigenvalue weighted by atomic mass is 19.1. The van der Waals surface area contributed by atoms with Crippen molar-refractivity contribution < 1.29 is 4.39 Å². The second-order valence-electron chi connectivity index (χ2n) is 4.89. The minimum atomic E-state index is -0.454. The number of para-hydroxylation sites is 1. The predicted octanol–water partition coefficient (Wildman–Crippen LogP) is 2.67. The van der Waals surface area contributed by atoms with Gasteiger partial charge in [0.15, 0.2) is 5.82 Å². The molecule has 0 unspecified atom stereocenters. The Balaban J connectivity index is 2.20. The first kappa shape index (κ1) is 13.2. The summed E-state index contributed by atoms with van der Waals surface area (Å²) in [4.78, 5) is 0. The molecule has 5 nitrogen and oxygen atoms in total. The molecule has 0 atom stereocenters. The smallest absolute Gasteiger partial charge is 0.187 e. The van der Waals surface area contributed by atoms with Gasteiger partial charge in [-0.3, -0.25) is 0 Å². The van der Waals surface area contributed by atoms with Gasteiger partial charge in [0.2, 0.25) is 0 Å². The fraction of sp³-hybridized carbons (Fsp3) is 0.133. The van der Waals surface area contributed by atoms with Crippen LogP contribution >= 0.6 is 0 Å². The lowest BCUT2D eigenvalue weighted by atomic mass is 10.1. The summed E-state index contributed by atoms with van der Waals surface area (Å²) < 4.78 is 15.0. The summed E-state index contributed by atoms with van der Waals surface area (Å²) >= 11 is 0. The third-order valence-electron chi connectivity index (χ3n) is 3.38. The Labute approximate surface area is 121 Å². The summed E-state index contributed by atoms with van der Waals surface area (Å²) in [6.45, 7) is 3.99. The van der Waals surface area contributed by atoms with E-state index < -0.39 is 5.82 Å². The molecule has 1 aromatic heterocycles. The van der Waals surface area contributed by atoms with Crippen molar-refractivity contribution in [1.82, 2.24) is 20.2 Å². The number of nitrogen functional groups attached to an aromatic ring is 1. The van der Waals surface area contributed by atoms with Gasteiger partial charge in [-0.25, -0.2) is 4.39 Å². The van der Waals surface area contributed by atoms with Gasteiger partial charge in [-0.1, -0.05) is 18.2 Å². The van der Waals surface area contributed by atoms with Crippen molar-refractivity contribution in [1.29, 1.82) is 0 Å². The third-order valence-corrected chi connectivity index (χ3v) is 3.38. The maximum Gasteiger partial charge on any atom is 0.187 e. The molecule has 0 aliphatic rings. The number of hydrogen-bond donors (Lipinski definition) is 1. The zero-order valence-electron chi connectivity index (χ0n) is 11.7. The van der Waals surface area contributed by atoms with Crippen LogP contribution < -0.4 is 5.73 Å². The van der Waals surface area contributed by atoms with E-state index in [9.17, 15) is 4.39 Å². The Hall–Kier alpha value is -2.76. The van der Waals surface area contributed by atoms with Crippen molar-refractivity contribution in [2.75, 3.05) is 5.73 Å². The van der Waals surface area contributed by atoms with Gasteiger partial charge in [0.1, 0.15) is 5.82 Å². The number of hydrogen-bond acceptors (Lipinski definition) is 4. The molecule has 3 aromatic rings. The number of halogens is 1. The summed E-state index contributed by atoms with van der Waals surface area (Å²) in [6.07, 6.45) is 0. The van der Waals surface area contributed by atoms with Crippen LogP contribution in [0.2, 0.25) is 0 Å². The van der Waals surface area contributed by atoms with Gasteiger partial charge in [-0.05, 0) is 53.6 Å². The van der Waals surface area contributed by atoms with Crippen LogP contribution in [0.25, 0.3) is 17.1 Å². The molecule has 0 saturated carbocycles. The Morgan fingerprint density at radius 1 is 1.10 bits per heavy atom. The SMILES string of the molecule is Cc1cccc(C)c1-n1nnnc1-c1ccc(F)c(N)c1. The maximum atomic E-state index is 13.3. The minimum absolute atomic E-state index is 0.0727. The Morgan fingerprint density at radius 2 is 1.81 bits per heavy atom. The molecular weight excluding hydrogens is 269 g/mol. The Bertz CT molecular complexity index is 789. The van der Waals surface area contributed by atoms with E-state index in [1.165, 1.54) is 12.1 Å². The molecule has 106 valence electrons. The summed E-state index contributed by atoms with van der Waals surface area (Å²) in [5.74, 6) is 0.0731. The predicted molar refractivity (Wildman–Crippen MR) is 78.4 cm³/mol. The van der Waals surface area contributed by atoms with Gasteiger partial charge in [-0.15, -0.1) is 5.10 Å². The van der Waals surface area contributed by atoms with Crippen molar-refractivity contribution >= 4 is 5.69 Å². The number of nitrogens with two attached hydrogens (primary N) is 1. The highest BCUT2D eigenvalue weighted by Gasteiger charge is 2.15. The van der Waals surface area contributed by atoms with E-state index in [2.05, 4.69) is 15.5 Å². The van der Waals surface area contributed by atoms with Crippen molar-refractivity contribution in [2.45, 2.75) is 13.8 Å². The molecule has 2 aromatic carbocycles. The van der Waals surface area contributed by atoms with Crippen LogP contribution in [0.4, 0.5) is 10.1 Å². The molecule has 0 radical (unpaired) electrons. The monoisotopic (exact) mass is 283 g/mol. The van der Waals surface area contributed by atoms with Crippen molar-refractivity contribution in [3.8, 4) is 17.1 Å². The summed E-state index contributed by atoms with van der Waals surface area (Å²) in [6, 6.07) is 10.4. The summed E-state index contributed by atoms with van der Waals surface area (Å²) in [7, 11) is 0. The van der Waals surface area contributed by atoms with E-state index in [4.69, 9.17) is 5.73 Å². The molecular formula is C15H14FN5. The Kier molecular flexibility index (Phi) is 3.13. The normalized spacial score (nSPS) is 10.8. The van der Waals surface area contributed by atoms with E-state index >= 15 is 0 Å². The van der Waals surface area contributed by atoms with Crippen LogP contribution in [0.15, 0.2) is 36.4 Å². The first-order valence-electron chi connectivity index (χ1n) is 6.48.